The molecule has 1 aliphatic heterocycles. The largest absolute Gasteiger partial charge is 0.486 e. The van der Waals surface area contributed by atoms with Crippen LogP contribution in [0.15, 0.2) is 18.2 Å². The summed E-state index contributed by atoms with van der Waals surface area (Å²) < 4.78 is 22.9. The lowest BCUT2D eigenvalue weighted by molar-refractivity contribution is 0.171. The summed E-state index contributed by atoms with van der Waals surface area (Å²) in [5.41, 5.74) is 1.17. The standard InChI is InChI=1S/C15H21NO3S/c1-20(17)15(5-2-6-15)11-16-10-12-3-4-13-14(9-12)19-8-7-18-13/h3-4,9,16H,2,5-8,10-11H2,1H3/t20-/m0/s1. The molecule has 110 valence electrons. The van der Waals surface area contributed by atoms with Gasteiger partial charge in [-0.15, -0.1) is 0 Å². The van der Waals surface area contributed by atoms with E-state index in [1.54, 1.807) is 0 Å². The van der Waals surface area contributed by atoms with Crippen LogP contribution in [0.1, 0.15) is 24.8 Å². The van der Waals surface area contributed by atoms with Crippen molar-refractivity contribution in [3.63, 3.8) is 0 Å². The number of fused-ring (bicyclic) bond motifs is 1. The van der Waals surface area contributed by atoms with Gasteiger partial charge in [-0.1, -0.05) is 12.5 Å². The maximum atomic E-state index is 11.8. The number of ether oxygens (including phenoxy) is 2. The molecule has 1 heterocycles. The van der Waals surface area contributed by atoms with Gasteiger partial charge in [0.05, 0.1) is 4.75 Å². The van der Waals surface area contributed by atoms with E-state index in [1.807, 2.05) is 18.4 Å². The number of nitrogens with one attached hydrogen (secondary N) is 1. The molecular formula is C15H21NO3S. The monoisotopic (exact) mass is 295 g/mol. The predicted octanol–water partition coefficient (Wildman–Crippen LogP) is 1.85. The van der Waals surface area contributed by atoms with Crippen molar-refractivity contribution in [2.45, 2.75) is 30.6 Å². The maximum absolute atomic E-state index is 11.8. The molecule has 0 amide bonds. The zero-order valence-corrected chi connectivity index (χ0v) is 12.6. The maximum Gasteiger partial charge on any atom is 0.161 e. The van der Waals surface area contributed by atoms with Gasteiger partial charge in [0.15, 0.2) is 11.5 Å². The Bertz CT molecular complexity index is 514. The summed E-state index contributed by atoms with van der Waals surface area (Å²) in [7, 11) is -0.749. The Labute approximate surface area is 122 Å². The van der Waals surface area contributed by atoms with Gasteiger partial charge in [0, 0.05) is 30.1 Å². The molecule has 1 atom stereocenters. The van der Waals surface area contributed by atoms with Gasteiger partial charge in [0.2, 0.25) is 0 Å². The number of benzene rings is 1. The van der Waals surface area contributed by atoms with E-state index in [4.69, 9.17) is 9.47 Å². The van der Waals surface area contributed by atoms with Gasteiger partial charge in [0.25, 0.3) is 0 Å². The molecule has 0 aromatic heterocycles. The molecule has 4 nitrogen and oxygen atoms in total. The van der Waals surface area contributed by atoms with Crippen LogP contribution in [-0.2, 0) is 17.3 Å². The summed E-state index contributed by atoms with van der Waals surface area (Å²) in [6, 6.07) is 6.04. The lowest BCUT2D eigenvalue weighted by Crippen LogP contribution is -2.49. The van der Waals surface area contributed by atoms with Crippen LogP contribution in [0.4, 0.5) is 0 Å². The fourth-order valence-electron chi connectivity index (χ4n) is 2.77. The first-order valence-corrected chi connectivity index (χ1v) is 8.68. The fourth-order valence-corrected chi connectivity index (χ4v) is 3.94. The molecule has 2 aliphatic rings. The molecule has 1 saturated carbocycles. The van der Waals surface area contributed by atoms with Crippen LogP contribution < -0.4 is 14.8 Å². The lowest BCUT2D eigenvalue weighted by atomic mass is 9.84. The molecule has 1 aromatic rings. The van der Waals surface area contributed by atoms with Crippen molar-refractivity contribution in [2.75, 3.05) is 26.0 Å². The summed E-state index contributed by atoms with van der Waals surface area (Å²) in [5.74, 6) is 1.65. The second-order valence-electron chi connectivity index (χ2n) is 5.57. The van der Waals surface area contributed by atoms with Crippen LogP contribution in [0.5, 0.6) is 11.5 Å². The third-order valence-electron chi connectivity index (χ3n) is 4.26. The Kier molecular flexibility index (Phi) is 3.98. The summed E-state index contributed by atoms with van der Waals surface area (Å²) in [5, 5.41) is 3.44. The topological polar surface area (TPSA) is 47.6 Å². The highest BCUT2D eigenvalue weighted by Gasteiger charge is 2.40. The van der Waals surface area contributed by atoms with Gasteiger partial charge in [0.1, 0.15) is 13.2 Å². The normalized spacial score (nSPS) is 21.1. The second-order valence-corrected chi connectivity index (χ2v) is 7.35. The van der Waals surface area contributed by atoms with Crippen LogP contribution in [0.25, 0.3) is 0 Å². The molecule has 0 unspecified atom stereocenters. The minimum absolute atomic E-state index is 0.00776. The van der Waals surface area contributed by atoms with Crippen molar-refractivity contribution in [3.05, 3.63) is 23.8 Å². The van der Waals surface area contributed by atoms with E-state index in [0.29, 0.717) is 13.2 Å². The van der Waals surface area contributed by atoms with Crippen LogP contribution in [0.2, 0.25) is 0 Å². The minimum Gasteiger partial charge on any atom is -0.486 e. The van der Waals surface area contributed by atoms with Gasteiger partial charge < -0.3 is 14.8 Å². The molecule has 1 aliphatic carbocycles. The van der Waals surface area contributed by atoms with Crippen molar-refractivity contribution >= 4 is 10.8 Å². The van der Waals surface area contributed by atoms with Crippen LogP contribution >= 0.6 is 0 Å². The quantitative estimate of drug-likeness (QED) is 0.900. The molecule has 0 saturated heterocycles. The molecule has 20 heavy (non-hydrogen) atoms. The van der Waals surface area contributed by atoms with Crippen molar-refractivity contribution in [1.29, 1.82) is 0 Å². The Morgan fingerprint density at radius 2 is 2.00 bits per heavy atom. The van der Waals surface area contributed by atoms with E-state index in [9.17, 15) is 4.21 Å². The minimum atomic E-state index is -0.749. The molecule has 0 spiro atoms. The van der Waals surface area contributed by atoms with Crippen molar-refractivity contribution in [2.24, 2.45) is 0 Å². The van der Waals surface area contributed by atoms with E-state index >= 15 is 0 Å². The van der Waals surface area contributed by atoms with Gasteiger partial charge in [-0.25, -0.2) is 0 Å². The highest BCUT2D eigenvalue weighted by Crippen LogP contribution is 2.36. The first kappa shape index (κ1) is 13.9. The fraction of sp³-hybridized carbons (Fsp3) is 0.600. The summed E-state index contributed by atoms with van der Waals surface area (Å²) >= 11 is 0. The summed E-state index contributed by atoms with van der Waals surface area (Å²) in [4.78, 5) is 0. The zero-order valence-electron chi connectivity index (χ0n) is 11.8. The average molecular weight is 295 g/mol. The molecule has 0 radical (unpaired) electrons. The van der Waals surface area contributed by atoms with Crippen LogP contribution in [-0.4, -0.2) is 35.0 Å². The number of rotatable bonds is 5. The molecule has 1 aromatic carbocycles. The SMILES string of the molecule is C[S@](=O)C1(CNCc2ccc3c(c2)OCCO3)CCC1. The first-order chi connectivity index (χ1) is 9.70. The average Bonchev–Trinajstić information content (AvgIpc) is 2.41. The third kappa shape index (κ3) is 2.69. The Balaban J connectivity index is 1.57. The van der Waals surface area contributed by atoms with E-state index < -0.39 is 10.8 Å². The van der Waals surface area contributed by atoms with E-state index in [2.05, 4.69) is 11.4 Å². The van der Waals surface area contributed by atoms with Gasteiger partial charge >= 0.3 is 0 Å². The lowest BCUT2D eigenvalue weighted by Gasteiger charge is -2.40. The van der Waals surface area contributed by atoms with Crippen molar-refractivity contribution in [3.8, 4) is 11.5 Å². The van der Waals surface area contributed by atoms with Crippen LogP contribution in [0, 0.1) is 0 Å². The van der Waals surface area contributed by atoms with Gasteiger partial charge in [-0.2, -0.15) is 0 Å². The molecule has 1 N–H and O–H groups in total. The highest BCUT2D eigenvalue weighted by molar-refractivity contribution is 7.85. The third-order valence-corrected chi connectivity index (χ3v) is 6.03. The predicted molar refractivity (Wildman–Crippen MR) is 79.8 cm³/mol. The van der Waals surface area contributed by atoms with Crippen LogP contribution in [0.3, 0.4) is 0 Å². The molecule has 3 rings (SSSR count). The highest BCUT2D eigenvalue weighted by atomic mass is 32.2. The Morgan fingerprint density at radius 3 is 2.65 bits per heavy atom. The van der Waals surface area contributed by atoms with Crippen molar-refractivity contribution < 1.29 is 13.7 Å². The Morgan fingerprint density at radius 1 is 1.25 bits per heavy atom. The van der Waals surface area contributed by atoms with Gasteiger partial charge in [-0.05, 0) is 30.5 Å². The Hall–Kier alpha value is -1.07. The summed E-state index contributed by atoms with van der Waals surface area (Å²) in [6.45, 7) is 2.83. The number of hydrogen-bond donors (Lipinski definition) is 1. The molecule has 1 fully saturated rings. The van der Waals surface area contributed by atoms with E-state index in [0.717, 1.165) is 37.4 Å². The molecule has 5 heteroatoms. The summed E-state index contributed by atoms with van der Waals surface area (Å²) in [6.07, 6.45) is 5.17. The smallest absolute Gasteiger partial charge is 0.161 e. The van der Waals surface area contributed by atoms with E-state index in [-0.39, 0.29) is 4.75 Å². The molecule has 0 bridgehead atoms. The first-order valence-electron chi connectivity index (χ1n) is 7.12. The van der Waals surface area contributed by atoms with Gasteiger partial charge in [-0.3, -0.25) is 4.21 Å². The van der Waals surface area contributed by atoms with E-state index in [1.165, 1.54) is 12.0 Å². The second kappa shape index (κ2) is 5.74. The number of hydrogen-bond acceptors (Lipinski definition) is 4. The van der Waals surface area contributed by atoms with Crippen molar-refractivity contribution in [1.82, 2.24) is 5.32 Å². The molecular weight excluding hydrogens is 274 g/mol. The zero-order chi connectivity index (χ0) is 14.0.